The number of rotatable bonds is 4. The van der Waals surface area contributed by atoms with Crippen LogP contribution >= 0.6 is 0 Å². The van der Waals surface area contributed by atoms with Gasteiger partial charge in [0, 0.05) is 50.1 Å². The van der Waals surface area contributed by atoms with Crippen LogP contribution in [0, 0.1) is 0 Å². The Kier molecular flexibility index (Phi) is 6.03. The summed E-state index contributed by atoms with van der Waals surface area (Å²) in [6, 6.07) is 47.5. The molecule has 1 unspecified atom stereocenters. The van der Waals surface area contributed by atoms with Crippen molar-refractivity contribution in [2.45, 2.75) is 19.0 Å². The lowest BCUT2D eigenvalue weighted by atomic mass is 9.94. The fourth-order valence-corrected chi connectivity index (χ4v) is 7.65. The fraction of sp³-hybridized carbons (Fsp3) is 0.0682. The maximum Gasteiger partial charge on any atom is 0.145 e. The van der Waals surface area contributed by atoms with Crippen molar-refractivity contribution in [2.24, 2.45) is 4.99 Å². The van der Waals surface area contributed by atoms with Crippen molar-refractivity contribution in [3.05, 3.63) is 174 Å². The second kappa shape index (κ2) is 10.7. The van der Waals surface area contributed by atoms with Crippen molar-refractivity contribution in [3.63, 3.8) is 0 Å². The molecule has 0 bridgehead atoms. The van der Waals surface area contributed by atoms with E-state index in [9.17, 15) is 0 Å². The van der Waals surface area contributed by atoms with Gasteiger partial charge in [-0.15, -0.1) is 0 Å². The Morgan fingerprint density at radius 2 is 1.50 bits per heavy atom. The van der Waals surface area contributed by atoms with Crippen LogP contribution in [0.3, 0.4) is 0 Å². The third kappa shape index (κ3) is 4.19. The van der Waals surface area contributed by atoms with Gasteiger partial charge in [-0.25, -0.2) is 0 Å². The first-order chi connectivity index (χ1) is 23.8. The molecule has 6 aromatic carbocycles. The molecule has 0 fully saturated rings. The topological polar surface area (TPSA) is 42.5 Å². The molecule has 0 radical (unpaired) electrons. The van der Waals surface area contributed by atoms with Crippen LogP contribution in [0.25, 0.3) is 55.0 Å². The van der Waals surface area contributed by atoms with Gasteiger partial charge in [-0.1, -0.05) is 103 Å². The average Bonchev–Trinajstić information content (AvgIpc) is 3.70. The van der Waals surface area contributed by atoms with E-state index in [1.807, 2.05) is 6.07 Å². The van der Waals surface area contributed by atoms with Crippen molar-refractivity contribution < 1.29 is 4.42 Å². The number of benzene rings is 6. The smallest absolute Gasteiger partial charge is 0.145 e. The number of furan rings is 1. The van der Waals surface area contributed by atoms with E-state index in [-0.39, 0.29) is 6.17 Å². The number of aliphatic imine (C=N–C) groups is 1. The van der Waals surface area contributed by atoms with Crippen LogP contribution in [0.15, 0.2) is 161 Å². The minimum atomic E-state index is -0.183. The number of anilines is 1. The van der Waals surface area contributed by atoms with Gasteiger partial charge < -0.3 is 14.3 Å². The molecule has 2 aliphatic rings. The summed E-state index contributed by atoms with van der Waals surface area (Å²) in [7, 11) is 0. The second-order valence-corrected chi connectivity index (χ2v) is 12.7. The first-order valence-corrected chi connectivity index (χ1v) is 16.6. The van der Waals surface area contributed by atoms with Gasteiger partial charge in [0.15, 0.2) is 0 Å². The molecule has 1 aliphatic carbocycles. The fourth-order valence-electron chi connectivity index (χ4n) is 7.65. The predicted molar refractivity (Wildman–Crippen MR) is 199 cm³/mol. The summed E-state index contributed by atoms with van der Waals surface area (Å²) in [4.78, 5) is 5.32. The van der Waals surface area contributed by atoms with Crippen LogP contribution in [-0.2, 0) is 0 Å². The summed E-state index contributed by atoms with van der Waals surface area (Å²) >= 11 is 0. The first kappa shape index (κ1) is 27.0. The number of hydrogen-bond acceptors (Lipinski definition) is 3. The third-order valence-corrected chi connectivity index (χ3v) is 9.90. The number of nitrogens with zero attached hydrogens (tertiary/aromatic N) is 2. The predicted octanol–water partition coefficient (Wildman–Crippen LogP) is 11.4. The zero-order valence-electron chi connectivity index (χ0n) is 26.2. The van der Waals surface area contributed by atoms with Gasteiger partial charge in [0.25, 0.3) is 0 Å². The van der Waals surface area contributed by atoms with Crippen LogP contribution in [-0.4, -0.2) is 10.3 Å². The maximum absolute atomic E-state index is 6.65. The van der Waals surface area contributed by atoms with Gasteiger partial charge in [0.1, 0.15) is 17.3 Å². The summed E-state index contributed by atoms with van der Waals surface area (Å²) in [5, 5.41) is 8.33. The Bertz CT molecular complexity index is 2650. The van der Waals surface area contributed by atoms with Crippen molar-refractivity contribution >= 4 is 60.7 Å². The highest BCUT2D eigenvalue weighted by atomic mass is 16.3. The molecule has 48 heavy (non-hydrogen) atoms. The summed E-state index contributed by atoms with van der Waals surface area (Å²) in [5.41, 5.74) is 13.2. The van der Waals surface area contributed by atoms with Crippen LogP contribution in [0.5, 0.6) is 0 Å². The highest BCUT2D eigenvalue weighted by Gasteiger charge is 2.25. The SMILES string of the molecule is C1=CCCC(c2ccc3c(c2)c2ccccc2n3-c2ccc3c(c2)oc2cccc(C4=NC(c5ccccc5)Nc5ccccc54)c23)=C1. The van der Waals surface area contributed by atoms with Crippen molar-refractivity contribution in [2.75, 3.05) is 5.32 Å². The lowest BCUT2D eigenvalue weighted by Crippen LogP contribution is -2.20. The molecule has 228 valence electrons. The first-order valence-electron chi connectivity index (χ1n) is 16.6. The minimum Gasteiger partial charge on any atom is -0.456 e. The standard InChI is InChI=1S/C44H31N3O/c1-3-12-28(13-4-1)30-22-25-39-36(26-30)32-16-8-10-20-38(32)47(39)31-23-24-34-41(27-31)48-40-21-11-18-35(42(34)40)43-33-17-7-9-19-37(33)45-44(46-43)29-14-5-2-6-15-29/h1-3,5-12,14-27,44-45H,4,13H2. The van der Waals surface area contributed by atoms with Gasteiger partial charge in [0.05, 0.1) is 16.7 Å². The van der Waals surface area contributed by atoms with E-state index in [4.69, 9.17) is 9.41 Å². The zero-order chi connectivity index (χ0) is 31.6. The molecular weight excluding hydrogens is 587 g/mol. The molecule has 0 saturated heterocycles. The molecule has 1 aliphatic heterocycles. The van der Waals surface area contributed by atoms with E-state index in [0.717, 1.165) is 68.6 Å². The molecule has 10 rings (SSSR count). The van der Waals surface area contributed by atoms with E-state index in [0.29, 0.717) is 0 Å². The maximum atomic E-state index is 6.65. The number of fused-ring (bicyclic) bond motifs is 7. The number of para-hydroxylation sites is 2. The molecule has 0 saturated carbocycles. The van der Waals surface area contributed by atoms with Gasteiger partial charge in [-0.2, -0.15) is 0 Å². The van der Waals surface area contributed by atoms with Gasteiger partial charge in [-0.05, 0) is 72.0 Å². The number of aromatic nitrogens is 1. The molecule has 3 heterocycles. The van der Waals surface area contributed by atoms with E-state index >= 15 is 0 Å². The Balaban J connectivity index is 1.15. The Morgan fingerprint density at radius 3 is 2.42 bits per heavy atom. The van der Waals surface area contributed by atoms with E-state index in [1.165, 1.54) is 32.9 Å². The van der Waals surface area contributed by atoms with E-state index in [2.05, 4.69) is 156 Å². The van der Waals surface area contributed by atoms with Crippen molar-refractivity contribution in [1.82, 2.24) is 4.57 Å². The molecule has 8 aromatic rings. The Hall–Kier alpha value is -6.13. The largest absolute Gasteiger partial charge is 0.456 e. The molecule has 1 atom stereocenters. The molecule has 0 spiro atoms. The van der Waals surface area contributed by atoms with E-state index in [1.54, 1.807) is 0 Å². The van der Waals surface area contributed by atoms with E-state index < -0.39 is 0 Å². The van der Waals surface area contributed by atoms with Crippen molar-refractivity contribution in [1.29, 1.82) is 0 Å². The van der Waals surface area contributed by atoms with Crippen molar-refractivity contribution in [3.8, 4) is 5.69 Å². The average molecular weight is 618 g/mol. The highest BCUT2D eigenvalue weighted by molar-refractivity contribution is 6.26. The lowest BCUT2D eigenvalue weighted by molar-refractivity contribution is 0.668. The molecule has 1 N–H and O–H groups in total. The summed E-state index contributed by atoms with van der Waals surface area (Å²) in [6.45, 7) is 0. The molecule has 0 amide bonds. The molecule has 4 heteroatoms. The monoisotopic (exact) mass is 617 g/mol. The van der Waals surface area contributed by atoms with Gasteiger partial charge >= 0.3 is 0 Å². The number of hydrogen-bond donors (Lipinski definition) is 1. The third-order valence-electron chi connectivity index (χ3n) is 9.90. The Morgan fingerprint density at radius 1 is 0.667 bits per heavy atom. The summed E-state index contributed by atoms with van der Waals surface area (Å²) in [6.07, 6.45) is 8.66. The highest BCUT2D eigenvalue weighted by Crippen LogP contribution is 2.40. The number of nitrogens with one attached hydrogen (secondary N) is 1. The number of allylic oxidation sites excluding steroid dienone is 4. The second-order valence-electron chi connectivity index (χ2n) is 12.7. The molecular formula is C44H31N3O. The van der Waals surface area contributed by atoms with Gasteiger partial charge in [0.2, 0.25) is 0 Å². The molecule has 2 aromatic heterocycles. The Labute approximate surface area is 278 Å². The van der Waals surface area contributed by atoms with Gasteiger partial charge in [-0.3, -0.25) is 4.99 Å². The normalized spacial score (nSPS) is 15.9. The zero-order valence-corrected chi connectivity index (χ0v) is 26.2. The van der Waals surface area contributed by atoms with Crippen LogP contribution < -0.4 is 5.32 Å². The molecule has 4 nitrogen and oxygen atoms in total. The van der Waals surface area contributed by atoms with Crippen LogP contribution in [0.1, 0.15) is 41.3 Å². The lowest BCUT2D eigenvalue weighted by Gasteiger charge is -2.26. The summed E-state index contributed by atoms with van der Waals surface area (Å²) < 4.78 is 9.02. The quantitative estimate of drug-likeness (QED) is 0.213. The minimum absolute atomic E-state index is 0.183. The van der Waals surface area contributed by atoms with Crippen LogP contribution in [0.2, 0.25) is 0 Å². The summed E-state index contributed by atoms with van der Waals surface area (Å²) in [5.74, 6) is 0. The van der Waals surface area contributed by atoms with Crippen LogP contribution in [0.4, 0.5) is 5.69 Å².